The number of esters is 1. The Hall–Kier alpha value is -4.50. The first-order valence-corrected chi connectivity index (χ1v) is 13.1. The number of carbonyl (C=O) groups excluding carboxylic acids is 2. The second-order valence-electron chi connectivity index (χ2n) is 8.52. The van der Waals surface area contributed by atoms with E-state index in [-0.39, 0.29) is 17.7 Å². The molecule has 5 rings (SSSR count). The van der Waals surface area contributed by atoms with Gasteiger partial charge in [0.25, 0.3) is 11.5 Å². The van der Waals surface area contributed by atoms with Gasteiger partial charge in [0.15, 0.2) is 5.69 Å². The van der Waals surface area contributed by atoms with E-state index in [0.29, 0.717) is 34.0 Å². The molecule has 0 radical (unpaired) electrons. The van der Waals surface area contributed by atoms with Crippen molar-refractivity contribution in [2.45, 2.75) is 20.8 Å². The second-order valence-corrected chi connectivity index (χ2v) is 9.40. The summed E-state index contributed by atoms with van der Waals surface area (Å²) in [6, 6.07) is 18.4. The van der Waals surface area contributed by atoms with E-state index in [4.69, 9.17) is 9.47 Å². The third-order valence-corrected chi connectivity index (χ3v) is 6.94. The molecule has 0 aliphatic heterocycles. The molecule has 0 aliphatic carbocycles. The number of carbonyl (C=O) groups is 2. The second kappa shape index (κ2) is 10.5. The fourth-order valence-electron chi connectivity index (χ4n) is 4.28. The predicted octanol–water partition coefficient (Wildman–Crippen LogP) is 5.74. The van der Waals surface area contributed by atoms with Crippen LogP contribution in [0.15, 0.2) is 70.8 Å². The van der Waals surface area contributed by atoms with E-state index in [1.165, 1.54) is 4.68 Å². The number of fused-ring (bicyclic) bond motifs is 2. The molecule has 0 saturated heterocycles. The maximum Gasteiger partial charge on any atom is 0.359 e. The Morgan fingerprint density at radius 3 is 2.47 bits per heavy atom. The number of rotatable bonds is 7. The van der Waals surface area contributed by atoms with Crippen LogP contribution in [0.3, 0.4) is 0 Å². The van der Waals surface area contributed by atoms with Gasteiger partial charge in [-0.2, -0.15) is 9.78 Å². The first kappa shape index (κ1) is 25.2. The van der Waals surface area contributed by atoms with Crippen molar-refractivity contribution in [2.24, 2.45) is 0 Å². The number of hydrogen-bond donors (Lipinski definition) is 1. The topological polar surface area (TPSA) is 99.5 Å². The first-order valence-electron chi connectivity index (χ1n) is 12.2. The van der Waals surface area contributed by atoms with E-state index in [2.05, 4.69) is 10.4 Å². The summed E-state index contributed by atoms with van der Waals surface area (Å²) < 4.78 is 12.2. The number of benzene rings is 3. The fraction of sp³-hybridized carbons (Fsp3) is 0.172. The van der Waals surface area contributed by atoms with Crippen LogP contribution < -0.4 is 15.6 Å². The average molecular weight is 528 g/mol. The Balaban J connectivity index is 1.68. The van der Waals surface area contributed by atoms with Crippen LogP contribution in [0.4, 0.5) is 5.00 Å². The third-order valence-electron chi connectivity index (χ3n) is 6.04. The minimum atomic E-state index is -0.651. The smallest absolute Gasteiger partial charge is 0.359 e. The molecular formula is C29H25N3O5S. The molecule has 5 aromatic rings. The molecule has 1 N–H and O–H groups in total. The van der Waals surface area contributed by atoms with Crippen LogP contribution in [0.2, 0.25) is 0 Å². The van der Waals surface area contributed by atoms with Crippen molar-refractivity contribution >= 4 is 49.8 Å². The molecule has 38 heavy (non-hydrogen) atoms. The zero-order valence-corrected chi connectivity index (χ0v) is 21.9. The maximum atomic E-state index is 13.7. The molecule has 0 saturated carbocycles. The van der Waals surface area contributed by atoms with Gasteiger partial charge >= 0.3 is 5.97 Å². The van der Waals surface area contributed by atoms with Gasteiger partial charge in [-0.15, -0.1) is 11.3 Å². The summed E-state index contributed by atoms with van der Waals surface area (Å²) >= 11 is 1.15. The van der Waals surface area contributed by atoms with Crippen molar-refractivity contribution in [1.29, 1.82) is 0 Å². The maximum absolute atomic E-state index is 13.7. The lowest BCUT2D eigenvalue weighted by atomic mass is 10.0. The highest BCUT2D eigenvalue weighted by atomic mass is 32.1. The normalized spacial score (nSPS) is 11.0. The molecule has 1 amide bonds. The molecule has 3 aromatic carbocycles. The number of ether oxygens (including phenoxy) is 2. The summed E-state index contributed by atoms with van der Waals surface area (Å²) in [5, 5.41) is 11.3. The van der Waals surface area contributed by atoms with Crippen molar-refractivity contribution < 1.29 is 19.1 Å². The van der Waals surface area contributed by atoms with Gasteiger partial charge < -0.3 is 14.8 Å². The molecule has 0 aliphatic rings. The quantitative estimate of drug-likeness (QED) is 0.271. The van der Waals surface area contributed by atoms with Crippen molar-refractivity contribution in [2.75, 3.05) is 18.5 Å². The van der Waals surface area contributed by atoms with Gasteiger partial charge in [-0.05, 0) is 49.7 Å². The van der Waals surface area contributed by atoms with Crippen molar-refractivity contribution in [3.8, 4) is 11.4 Å². The van der Waals surface area contributed by atoms with Crippen LogP contribution in [-0.2, 0) is 4.74 Å². The molecule has 2 aromatic heterocycles. The summed E-state index contributed by atoms with van der Waals surface area (Å²) in [6.45, 7) is 6.02. The number of nitrogens with zero attached hydrogens (tertiary/aromatic N) is 2. The highest BCUT2D eigenvalue weighted by Crippen LogP contribution is 2.34. The molecule has 9 heteroatoms. The number of thiophene rings is 1. The van der Waals surface area contributed by atoms with Crippen LogP contribution in [0, 0.1) is 6.92 Å². The zero-order chi connectivity index (χ0) is 26.8. The number of nitrogens with one attached hydrogen (secondary N) is 1. The Bertz CT molecular complexity index is 1740. The van der Waals surface area contributed by atoms with Gasteiger partial charge in [-0.25, -0.2) is 4.79 Å². The van der Waals surface area contributed by atoms with E-state index in [9.17, 15) is 14.4 Å². The minimum Gasteiger partial charge on any atom is -0.493 e. The van der Waals surface area contributed by atoms with E-state index in [0.717, 1.165) is 27.7 Å². The summed E-state index contributed by atoms with van der Waals surface area (Å²) in [6.07, 6.45) is 0. The van der Waals surface area contributed by atoms with E-state index >= 15 is 0 Å². The Morgan fingerprint density at radius 2 is 1.74 bits per heavy atom. The van der Waals surface area contributed by atoms with Crippen LogP contribution in [0.25, 0.3) is 27.2 Å². The number of aryl methyl sites for hydroxylation is 1. The van der Waals surface area contributed by atoms with E-state index in [1.54, 1.807) is 30.5 Å². The van der Waals surface area contributed by atoms with Crippen LogP contribution in [0.5, 0.6) is 5.75 Å². The summed E-state index contributed by atoms with van der Waals surface area (Å²) in [7, 11) is 0. The van der Waals surface area contributed by atoms with Gasteiger partial charge in [0.2, 0.25) is 0 Å². The number of aromatic nitrogens is 2. The largest absolute Gasteiger partial charge is 0.493 e. The van der Waals surface area contributed by atoms with Gasteiger partial charge in [0.1, 0.15) is 10.8 Å². The Labute approximate surface area is 222 Å². The van der Waals surface area contributed by atoms with Gasteiger partial charge in [0.05, 0.1) is 29.9 Å². The fourth-order valence-corrected chi connectivity index (χ4v) is 5.21. The molecule has 0 unspecified atom stereocenters. The molecule has 0 bridgehead atoms. The van der Waals surface area contributed by atoms with Gasteiger partial charge in [0, 0.05) is 10.8 Å². The summed E-state index contributed by atoms with van der Waals surface area (Å²) in [5.41, 5.74) is 1.40. The highest BCUT2D eigenvalue weighted by Gasteiger charge is 2.25. The summed E-state index contributed by atoms with van der Waals surface area (Å²) in [4.78, 5) is 40.2. The van der Waals surface area contributed by atoms with E-state index in [1.807, 2.05) is 56.3 Å². The molecule has 0 atom stereocenters. The lowest BCUT2D eigenvalue weighted by molar-refractivity contribution is 0.0520. The minimum absolute atomic E-state index is 0.000981. The zero-order valence-electron chi connectivity index (χ0n) is 21.1. The molecule has 0 spiro atoms. The molecular weight excluding hydrogens is 502 g/mol. The van der Waals surface area contributed by atoms with Crippen LogP contribution in [-0.4, -0.2) is 34.9 Å². The van der Waals surface area contributed by atoms with Gasteiger partial charge in [-0.3, -0.25) is 9.59 Å². The average Bonchev–Trinajstić information content (AvgIpc) is 3.33. The van der Waals surface area contributed by atoms with Crippen LogP contribution >= 0.6 is 11.3 Å². The molecule has 0 fully saturated rings. The lowest BCUT2D eigenvalue weighted by Gasteiger charge is -2.13. The Morgan fingerprint density at radius 1 is 0.974 bits per heavy atom. The predicted molar refractivity (Wildman–Crippen MR) is 149 cm³/mol. The first-order chi connectivity index (χ1) is 18.4. The number of amides is 1. The lowest BCUT2D eigenvalue weighted by Crippen LogP contribution is -2.25. The van der Waals surface area contributed by atoms with E-state index < -0.39 is 17.4 Å². The molecule has 192 valence electrons. The van der Waals surface area contributed by atoms with Crippen LogP contribution in [0.1, 0.15) is 40.3 Å². The molecule has 2 heterocycles. The highest BCUT2D eigenvalue weighted by molar-refractivity contribution is 7.16. The monoisotopic (exact) mass is 527 g/mol. The van der Waals surface area contributed by atoms with Gasteiger partial charge in [-0.1, -0.05) is 48.0 Å². The number of hydrogen-bond acceptors (Lipinski definition) is 7. The summed E-state index contributed by atoms with van der Waals surface area (Å²) in [5.74, 6) is -0.637. The van der Waals surface area contributed by atoms with Crippen molar-refractivity contribution in [1.82, 2.24) is 9.78 Å². The van der Waals surface area contributed by atoms with Crippen molar-refractivity contribution in [3.63, 3.8) is 0 Å². The third kappa shape index (κ3) is 4.52. The Kier molecular flexibility index (Phi) is 6.93. The van der Waals surface area contributed by atoms with Crippen molar-refractivity contribution in [3.05, 3.63) is 93.2 Å². The number of anilines is 1. The standard InChI is InChI=1S/C29H25N3O5S/c1-4-36-22-15-12-18-8-6-7-9-20(18)23(22)26(33)30-27-24-21(16-38-27)25(29(35)37-5-2)31-32(28(24)34)19-13-10-17(3)11-14-19/h6-16H,4-5H2,1-3H3,(H,30,33). The SMILES string of the molecule is CCOC(=O)c1nn(-c2ccc(C)cc2)c(=O)c2c(NC(=O)c3c(OCC)ccc4ccccc34)scc12. The molecule has 8 nitrogen and oxygen atoms in total.